The van der Waals surface area contributed by atoms with Crippen LogP contribution in [0.2, 0.25) is 0 Å². The van der Waals surface area contributed by atoms with Gasteiger partial charge in [-0.05, 0) is 30.3 Å². The quantitative estimate of drug-likeness (QED) is 0.689. The van der Waals surface area contributed by atoms with Crippen LogP contribution in [-0.4, -0.2) is 26.8 Å². The number of para-hydroxylation sites is 1. The molecule has 0 unspecified atom stereocenters. The minimum atomic E-state index is -0.881. The number of nitrogens with one attached hydrogen (secondary N) is 1. The highest BCUT2D eigenvalue weighted by molar-refractivity contribution is 5.90. The Labute approximate surface area is 158 Å². The summed E-state index contributed by atoms with van der Waals surface area (Å²) in [5.41, 5.74) is -0.535. The second kappa shape index (κ2) is 7.10. The predicted molar refractivity (Wildman–Crippen MR) is 101 cm³/mol. The normalized spacial score (nSPS) is 12.7. The van der Waals surface area contributed by atoms with Crippen LogP contribution in [0, 0.1) is 5.82 Å². The molecule has 9 heteroatoms. The summed E-state index contributed by atoms with van der Waals surface area (Å²) >= 11 is 0. The predicted octanol–water partition coefficient (Wildman–Crippen LogP) is 1.33. The number of hydrogen-bond donors (Lipinski definition) is 1. The number of anilines is 3. The molecule has 0 radical (unpaired) electrons. The van der Waals surface area contributed by atoms with Crippen molar-refractivity contribution in [3.05, 3.63) is 81.1 Å². The minimum Gasteiger partial charge on any atom is -0.324 e. The van der Waals surface area contributed by atoms with Gasteiger partial charge in [0.15, 0.2) is 0 Å². The van der Waals surface area contributed by atoms with Crippen molar-refractivity contribution >= 4 is 23.2 Å². The van der Waals surface area contributed by atoms with Gasteiger partial charge in [-0.25, -0.2) is 9.07 Å². The molecule has 0 bridgehead atoms. The number of amides is 1. The van der Waals surface area contributed by atoms with E-state index in [1.54, 1.807) is 0 Å². The zero-order valence-electron chi connectivity index (χ0n) is 14.7. The molecule has 0 atom stereocenters. The van der Waals surface area contributed by atoms with Gasteiger partial charge < -0.3 is 10.2 Å². The van der Waals surface area contributed by atoms with Gasteiger partial charge in [-0.1, -0.05) is 24.3 Å². The number of nitrogens with zero attached hydrogens (tertiary/aromatic N) is 4. The van der Waals surface area contributed by atoms with Crippen LogP contribution in [0.3, 0.4) is 0 Å². The second-order valence-corrected chi connectivity index (χ2v) is 6.27. The molecule has 2 heterocycles. The Morgan fingerprint density at radius 2 is 1.82 bits per heavy atom. The first-order valence-electron chi connectivity index (χ1n) is 8.63. The Hall–Kier alpha value is -3.75. The average Bonchev–Trinajstić information content (AvgIpc) is 3.10. The number of hydrogen-bond acceptors (Lipinski definition) is 5. The number of carbonyl (C=O) groups is 1. The molecule has 0 fully saturated rings. The summed E-state index contributed by atoms with van der Waals surface area (Å²) in [6.45, 7) is 0.369. The smallest absolute Gasteiger partial charge is 0.324 e. The van der Waals surface area contributed by atoms with E-state index in [2.05, 4.69) is 10.4 Å². The van der Waals surface area contributed by atoms with Gasteiger partial charge in [0, 0.05) is 24.5 Å². The molecule has 0 saturated heterocycles. The topological polar surface area (TPSA) is 89.2 Å². The number of benzene rings is 2. The molecule has 28 heavy (non-hydrogen) atoms. The zero-order chi connectivity index (χ0) is 19.7. The Morgan fingerprint density at radius 3 is 2.57 bits per heavy atom. The van der Waals surface area contributed by atoms with Crippen LogP contribution in [0.1, 0.15) is 0 Å². The molecule has 8 nitrogen and oxygen atoms in total. The van der Waals surface area contributed by atoms with Gasteiger partial charge in [0.25, 0.3) is 0 Å². The first-order chi connectivity index (χ1) is 13.5. The fourth-order valence-electron chi connectivity index (χ4n) is 3.09. The maximum atomic E-state index is 13.2. The fraction of sp³-hybridized carbons (Fsp3) is 0.158. The van der Waals surface area contributed by atoms with Crippen molar-refractivity contribution in [1.82, 2.24) is 14.3 Å². The number of rotatable bonds is 4. The van der Waals surface area contributed by atoms with Crippen molar-refractivity contribution in [2.45, 2.75) is 13.1 Å². The highest BCUT2D eigenvalue weighted by Gasteiger charge is 2.26. The van der Waals surface area contributed by atoms with E-state index in [9.17, 15) is 18.8 Å². The Bertz CT molecular complexity index is 1160. The molecule has 0 aliphatic carbocycles. The van der Waals surface area contributed by atoms with Gasteiger partial charge in [0.1, 0.15) is 12.4 Å². The van der Waals surface area contributed by atoms with E-state index in [-0.39, 0.29) is 5.69 Å². The van der Waals surface area contributed by atoms with Gasteiger partial charge in [-0.3, -0.25) is 19.0 Å². The van der Waals surface area contributed by atoms with Gasteiger partial charge in [-0.2, -0.15) is 0 Å². The summed E-state index contributed by atoms with van der Waals surface area (Å²) in [6, 6.07) is 14.7. The number of halogens is 1. The molecular formula is C19H16FN5O3. The largest absolute Gasteiger partial charge is 0.333 e. The molecule has 2 aromatic carbocycles. The highest BCUT2D eigenvalue weighted by Crippen LogP contribution is 2.25. The van der Waals surface area contributed by atoms with Crippen molar-refractivity contribution in [2.75, 3.05) is 16.8 Å². The van der Waals surface area contributed by atoms with Crippen molar-refractivity contribution in [1.29, 1.82) is 0 Å². The van der Waals surface area contributed by atoms with Crippen molar-refractivity contribution in [3.63, 3.8) is 0 Å². The van der Waals surface area contributed by atoms with Gasteiger partial charge >= 0.3 is 11.1 Å². The summed E-state index contributed by atoms with van der Waals surface area (Å²) < 4.78 is 15.4. The summed E-state index contributed by atoms with van der Waals surface area (Å²) in [5.74, 6) is -0.787. The number of aromatic nitrogens is 3. The Kier molecular flexibility index (Phi) is 4.48. The van der Waals surface area contributed by atoms with Crippen molar-refractivity contribution in [3.8, 4) is 0 Å². The van der Waals surface area contributed by atoms with Crippen molar-refractivity contribution in [2.24, 2.45) is 0 Å². The summed E-state index contributed by atoms with van der Waals surface area (Å²) in [6.07, 6.45) is 0. The molecule has 1 aliphatic rings. The van der Waals surface area contributed by atoms with Crippen LogP contribution < -0.4 is 21.3 Å². The van der Waals surface area contributed by atoms with Crippen LogP contribution >= 0.6 is 0 Å². The lowest BCUT2D eigenvalue weighted by Gasteiger charge is -2.17. The Balaban J connectivity index is 1.64. The first-order valence-corrected chi connectivity index (χ1v) is 8.63. The lowest BCUT2D eigenvalue weighted by molar-refractivity contribution is -0.117. The molecule has 3 aromatic rings. The van der Waals surface area contributed by atoms with E-state index in [1.165, 1.54) is 22.8 Å². The SMILES string of the molecule is O=C(Cn1nc2n(c(=O)c1=O)CCN2c1ccccc1)Nc1cccc(F)c1. The molecule has 0 spiro atoms. The number of fused-ring (bicyclic) bond motifs is 1. The molecule has 1 aromatic heterocycles. The van der Waals surface area contributed by atoms with Gasteiger partial charge in [0.2, 0.25) is 11.9 Å². The van der Waals surface area contributed by atoms with Crippen LogP contribution in [0.4, 0.5) is 21.7 Å². The van der Waals surface area contributed by atoms with Gasteiger partial charge in [0.05, 0.1) is 0 Å². The number of carbonyl (C=O) groups excluding carboxylic acids is 1. The van der Waals surface area contributed by atoms with E-state index in [1.807, 2.05) is 35.2 Å². The molecule has 1 aliphatic heterocycles. The van der Waals surface area contributed by atoms with E-state index < -0.39 is 29.4 Å². The van der Waals surface area contributed by atoms with Crippen LogP contribution in [0.5, 0.6) is 0 Å². The lowest BCUT2D eigenvalue weighted by atomic mass is 10.3. The Morgan fingerprint density at radius 1 is 1.04 bits per heavy atom. The fourth-order valence-corrected chi connectivity index (χ4v) is 3.09. The first kappa shape index (κ1) is 17.7. The maximum Gasteiger partial charge on any atom is 0.333 e. The molecule has 142 valence electrons. The standard InChI is InChI=1S/C19H16FN5O3/c20-13-5-4-6-14(11-13)21-16(26)12-25-18(28)17(27)24-10-9-23(19(24)22-25)15-7-2-1-3-8-15/h1-8,11H,9-10,12H2,(H,21,26). The molecule has 1 amide bonds. The van der Waals surface area contributed by atoms with Crippen LogP contribution in [0.15, 0.2) is 64.2 Å². The third kappa shape index (κ3) is 3.29. The summed E-state index contributed by atoms with van der Waals surface area (Å²) in [7, 11) is 0. The van der Waals surface area contributed by atoms with Crippen LogP contribution in [0.25, 0.3) is 0 Å². The molecular weight excluding hydrogens is 365 g/mol. The third-order valence-electron chi connectivity index (χ3n) is 4.37. The van der Waals surface area contributed by atoms with E-state index in [0.717, 1.165) is 16.4 Å². The summed E-state index contributed by atoms with van der Waals surface area (Å²) in [5, 5.41) is 6.72. The van der Waals surface area contributed by atoms with E-state index >= 15 is 0 Å². The molecule has 1 N–H and O–H groups in total. The average molecular weight is 381 g/mol. The van der Waals surface area contributed by atoms with Crippen LogP contribution in [-0.2, 0) is 17.9 Å². The second-order valence-electron chi connectivity index (χ2n) is 6.27. The highest BCUT2D eigenvalue weighted by atomic mass is 19.1. The molecule has 0 saturated carbocycles. The summed E-state index contributed by atoms with van der Waals surface area (Å²) in [4.78, 5) is 38.8. The van der Waals surface area contributed by atoms with Crippen molar-refractivity contribution < 1.29 is 9.18 Å². The van der Waals surface area contributed by atoms with E-state index in [0.29, 0.717) is 19.0 Å². The maximum absolute atomic E-state index is 13.2. The monoisotopic (exact) mass is 381 g/mol. The molecule has 4 rings (SSSR count). The minimum absolute atomic E-state index is 0.252. The lowest BCUT2D eigenvalue weighted by Crippen LogP contribution is -2.44. The van der Waals surface area contributed by atoms with Gasteiger partial charge in [-0.15, -0.1) is 5.10 Å². The zero-order valence-corrected chi connectivity index (χ0v) is 14.7. The van der Waals surface area contributed by atoms with E-state index in [4.69, 9.17) is 0 Å². The third-order valence-corrected chi connectivity index (χ3v) is 4.37.